The summed E-state index contributed by atoms with van der Waals surface area (Å²) >= 11 is 0. The van der Waals surface area contributed by atoms with Crippen LogP contribution in [-0.2, 0) is 9.53 Å². The first-order valence-corrected chi connectivity index (χ1v) is 9.96. The summed E-state index contributed by atoms with van der Waals surface area (Å²) < 4.78 is 5.43. The van der Waals surface area contributed by atoms with Crippen LogP contribution < -0.4 is 0 Å². The van der Waals surface area contributed by atoms with Crippen LogP contribution in [0.1, 0.15) is 54.6 Å². The van der Waals surface area contributed by atoms with E-state index < -0.39 is 5.97 Å². The lowest BCUT2D eigenvalue weighted by molar-refractivity contribution is -0.140. The number of aromatic nitrogens is 1. The Morgan fingerprint density at radius 3 is 2.81 bits per heavy atom. The maximum Gasteiger partial charge on any atom is 0.339 e. The second-order valence-electron chi connectivity index (χ2n) is 7.75. The minimum atomic E-state index is -0.456. The third-order valence-corrected chi connectivity index (χ3v) is 5.95. The molecule has 0 unspecified atom stereocenters. The largest absolute Gasteiger partial charge is 0.452 e. The number of hydrogen-bond donors (Lipinski definition) is 0. The quantitative estimate of drug-likeness (QED) is 0.774. The van der Waals surface area contributed by atoms with E-state index in [0.717, 1.165) is 36.0 Å². The molecule has 0 radical (unpaired) electrons. The summed E-state index contributed by atoms with van der Waals surface area (Å²) in [4.78, 5) is 31.8. The Morgan fingerprint density at radius 2 is 1.93 bits per heavy atom. The number of likely N-dealkylation sites (tertiary alicyclic amines) is 1. The number of para-hydroxylation sites is 1. The molecule has 4 rings (SSSR count). The molecular weight excluding hydrogens is 340 g/mol. The maximum absolute atomic E-state index is 12.8. The van der Waals surface area contributed by atoms with Crippen LogP contribution in [0.2, 0.25) is 0 Å². The van der Waals surface area contributed by atoms with Crippen molar-refractivity contribution >= 4 is 22.8 Å². The smallest absolute Gasteiger partial charge is 0.339 e. The number of carbonyl (C=O) groups excluding carboxylic acids is 2. The van der Waals surface area contributed by atoms with Gasteiger partial charge in [0.05, 0.1) is 11.1 Å². The number of carbonyl (C=O) groups is 2. The number of fused-ring (bicyclic) bond motifs is 2. The summed E-state index contributed by atoms with van der Waals surface area (Å²) in [6.07, 6.45) is 7.03. The van der Waals surface area contributed by atoms with Crippen LogP contribution in [-0.4, -0.2) is 41.0 Å². The highest BCUT2D eigenvalue weighted by atomic mass is 16.5. The van der Waals surface area contributed by atoms with Gasteiger partial charge in [0, 0.05) is 23.7 Å². The lowest BCUT2D eigenvalue weighted by Crippen LogP contribution is -2.50. The van der Waals surface area contributed by atoms with Crippen molar-refractivity contribution < 1.29 is 14.3 Å². The van der Waals surface area contributed by atoms with Gasteiger partial charge >= 0.3 is 5.97 Å². The van der Waals surface area contributed by atoms with E-state index in [1.807, 2.05) is 36.1 Å². The highest BCUT2D eigenvalue weighted by Gasteiger charge is 2.35. The number of piperidine rings is 1. The zero-order chi connectivity index (χ0) is 18.8. The van der Waals surface area contributed by atoms with E-state index >= 15 is 0 Å². The van der Waals surface area contributed by atoms with Gasteiger partial charge in [-0.1, -0.05) is 31.0 Å². The van der Waals surface area contributed by atoms with E-state index in [4.69, 9.17) is 4.74 Å². The number of aryl methyl sites for hydroxylation is 1. The molecule has 1 aliphatic carbocycles. The maximum atomic E-state index is 12.8. The van der Waals surface area contributed by atoms with Gasteiger partial charge in [0.15, 0.2) is 6.61 Å². The average molecular weight is 366 g/mol. The Hall–Kier alpha value is -2.43. The molecular formula is C22H26N2O3. The molecule has 2 heterocycles. The van der Waals surface area contributed by atoms with Gasteiger partial charge in [-0.05, 0) is 50.7 Å². The zero-order valence-electron chi connectivity index (χ0n) is 15.8. The van der Waals surface area contributed by atoms with Gasteiger partial charge in [-0.3, -0.25) is 9.78 Å². The predicted octanol–water partition coefficient (Wildman–Crippen LogP) is 3.88. The minimum absolute atomic E-state index is 0.0602. The van der Waals surface area contributed by atoms with Crippen molar-refractivity contribution in [2.75, 3.05) is 13.2 Å². The Bertz CT molecular complexity index is 862. The number of ether oxygens (including phenoxy) is 1. The standard InChI is InChI=1S/C22H26N2O3/c1-15-13-18(17-9-3-4-10-19(17)23-15)22(26)27-14-21(25)24-12-6-8-16-7-2-5-11-20(16)24/h3-4,9-10,13,16,20H,2,5-8,11-12,14H2,1H3/t16-,20-/m1/s1. The first-order valence-electron chi connectivity index (χ1n) is 9.96. The molecule has 2 atom stereocenters. The molecule has 142 valence electrons. The molecule has 1 saturated carbocycles. The summed E-state index contributed by atoms with van der Waals surface area (Å²) in [5.41, 5.74) is 1.99. The van der Waals surface area contributed by atoms with Crippen molar-refractivity contribution in [3.63, 3.8) is 0 Å². The Balaban J connectivity index is 1.45. The summed E-state index contributed by atoms with van der Waals surface area (Å²) in [6.45, 7) is 2.46. The van der Waals surface area contributed by atoms with Crippen LogP contribution in [0.4, 0.5) is 0 Å². The predicted molar refractivity (Wildman–Crippen MR) is 103 cm³/mol. The van der Waals surface area contributed by atoms with E-state index in [2.05, 4.69) is 4.98 Å². The number of rotatable bonds is 3. The van der Waals surface area contributed by atoms with Crippen molar-refractivity contribution in [3.8, 4) is 0 Å². The number of nitrogens with zero attached hydrogens (tertiary/aromatic N) is 2. The Morgan fingerprint density at radius 1 is 1.15 bits per heavy atom. The minimum Gasteiger partial charge on any atom is -0.452 e. The molecule has 0 spiro atoms. The van der Waals surface area contributed by atoms with E-state index in [9.17, 15) is 9.59 Å². The number of hydrogen-bond acceptors (Lipinski definition) is 4. The van der Waals surface area contributed by atoms with Gasteiger partial charge in [-0.25, -0.2) is 4.79 Å². The molecule has 1 aromatic heterocycles. The topological polar surface area (TPSA) is 59.5 Å². The van der Waals surface area contributed by atoms with E-state index in [-0.39, 0.29) is 12.5 Å². The fourth-order valence-electron chi connectivity index (χ4n) is 4.70. The SMILES string of the molecule is Cc1cc(C(=O)OCC(=O)N2CCC[C@H]3CCCC[C@H]32)c2ccccc2n1. The lowest BCUT2D eigenvalue weighted by Gasteiger charge is -2.44. The van der Waals surface area contributed by atoms with Gasteiger partial charge in [0.2, 0.25) is 0 Å². The Kier molecular flexibility index (Phi) is 5.10. The van der Waals surface area contributed by atoms with Crippen LogP contribution in [0.5, 0.6) is 0 Å². The molecule has 2 aliphatic rings. The third kappa shape index (κ3) is 3.68. The fourth-order valence-corrected chi connectivity index (χ4v) is 4.70. The monoisotopic (exact) mass is 366 g/mol. The van der Waals surface area contributed by atoms with E-state index in [1.54, 1.807) is 6.07 Å². The van der Waals surface area contributed by atoms with Gasteiger partial charge in [0.1, 0.15) is 0 Å². The first-order chi connectivity index (χ1) is 13.1. The molecule has 5 nitrogen and oxygen atoms in total. The first kappa shape index (κ1) is 18.0. The molecule has 0 N–H and O–H groups in total. The summed E-state index contributed by atoms with van der Waals surface area (Å²) in [7, 11) is 0. The molecule has 1 amide bonds. The van der Waals surface area contributed by atoms with Crippen molar-refractivity contribution in [2.45, 2.75) is 51.5 Å². The number of amides is 1. The number of pyridine rings is 1. The van der Waals surface area contributed by atoms with Gasteiger partial charge in [-0.15, -0.1) is 0 Å². The van der Waals surface area contributed by atoms with Crippen molar-refractivity contribution in [3.05, 3.63) is 41.6 Å². The Labute approximate surface area is 159 Å². The molecule has 2 aromatic rings. The molecule has 0 bridgehead atoms. The molecule has 5 heteroatoms. The molecule has 27 heavy (non-hydrogen) atoms. The summed E-state index contributed by atoms with van der Waals surface area (Å²) in [5, 5.41) is 0.755. The highest BCUT2D eigenvalue weighted by molar-refractivity contribution is 6.04. The van der Waals surface area contributed by atoms with Crippen LogP contribution in [0.3, 0.4) is 0 Å². The van der Waals surface area contributed by atoms with E-state index in [1.165, 1.54) is 25.7 Å². The van der Waals surface area contributed by atoms with E-state index in [0.29, 0.717) is 17.5 Å². The normalized spacial score (nSPS) is 22.3. The lowest BCUT2D eigenvalue weighted by atomic mass is 9.78. The highest BCUT2D eigenvalue weighted by Crippen LogP contribution is 2.35. The second-order valence-corrected chi connectivity index (χ2v) is 7.75. The summed E-state index contributed by atoms with van der Waals surface area (Å²) in [5.74, 6) is 0.108. The fraction of sp³-hybridized carbons (Fsp3) is 0.500. The van der Waals surface area contributed by atoms with Gasteiger partial charge in [0.25, 0.3) is 5.91 Å². The van der Waals surface area contributed by atoms with Crippen molar-refractivity contribution in [2.24, 2.45) is 5.92 Å². The van der Waals surface area contributed by atoms with Gasteiger partial charge in [-0.2, -0.15) is 0 Å². The van der Waals surface area contributed by atoms with Crippen LogP contribution >= 0.6 is 0 Å². The second kappa shape index (κ2) is 7.67. The third-order valence-electron chi connectivity index (χ3n) is 5.95. The molecule has 1 saturated heterocycles. The van der Waals surface area contributed by atoms with Crippen LogP contribution in [0.15, 0.2) is 30.3 Å². The van der Waals surface area contributed by atoms with Crippen LogP contribution in [0.25, 0.3) is 10.9 Å². The molecule has 2 fully saturated rings. The summed E-state index contributed by atoms with van der Waals surface area (Å²) in [6, 6.07) is 9.57. The molecule has 1 aliphatic heterocycles. The zero-order valence-corrected chi connectivity index (χ0v) is 15.8. The van der Waals surface area contributed by atoms with Crippen molar-refractivity contribution in [1.29, 1.82) is 0 Å². The average Bonchev–Trinajstić information content (AvgIpc) is 2.70. The van der Waals surface area contributed by atoms with Crippen LogP contribution in [0, 0.1) is 12.8 Å². The van der Waals surface area contributed by atoms with Gasteiger partial charge < -0.3 is 9.64 Å². The number of benzene rings is 1. The number of esters is 1. The van der Waals surface area contributed by atoms with Crippen molar-refractivity contribution in [1.82, 2.24) is 9.88 Å². The molecule has 1 aromatic carbocycles.